The van der Waals surface area contributed by atoms with Crippen molar-refractivity contribution in [3.05, 3.63) is 59.4 Å². The van der Waals surface area contributed by atoms with Crippen molar-refractivity contribution in [3.63, 3.8) is 0 Å². The molecule has 2 atom stereocenters. The van der Waals surface area contributed by atoms with Gasteiger partial charge in [0.05, 0.1) is 6.10 Å². The SMILES string of the molecule is CC(C)C(Oc1cccc(Cl)c1)C(=O)NCC(O)c1ccncc1. The molecule has 0 aliphatic rings. The number of hydrogen-bond acceptors (Lipinski definition) is 4. The zero-order valence-electron chi connectivity index (χ0n) is 13.6. The van der Waals surface area contributed by atoms with Gasteiger partial charge in [-0.1, -0.05) is 31.5 Å². The second kappa shape index (κ2) is 8.66. The largest absolute Gasteiger partial charge is 0.480 e. The summed E-state index contributed by atoms with van der Waals surface area (Å²) in [7, 11) is 0. The van der Waals surface area contributed by atoms with E-state index in [9.17, 15) is 9.90 Å². The van der Waals surface area contributed by atoms with Gasteiger partial charge in [0.25, 0.3) is 5.91 Å². The Morgan fingerprint density at radius 1 is 1.29 bits per heavy atom. The van der Waals surface area contributed by atoms with Crippen molar-refractivity contribution in [1.29, 1.82) is 0 Å². The molecular weight excluding hydrogens is 328 g/mol. The van der Waals surface area contributed by atoms with Crippen molar-refractivity contribution in [2.24, 2.45) is 5.92 Å². The highest BCUT2D eigenvalue weighted by Gasteiger charge is 2.25. The molecule has 0 saturated heterocycles. The Bertz CT molecular complexity index is 664. The number of rotatable bonds is 7. The van der Waals surface area contributed by atoms with Crippen LogP contribution in [0.15, 0.2) is 48.8 Å². The van der Waals surface area contributed by atoms with Gasteiger partial charge in [0.2, 0.25) is 0 Å². The van der Waals surface area contributed by atoms with Crippen LogP contribution in [-0.2, 0) is 4.79 Å². The lowest BCUT2D eigenvalue weighted by molar-refractivity contribution is -0.130. The molecule has 1 heterocycles. The summed E-state index contributed by atoms with van der Waals surface area (Å²) in [4.78, 5) is 16.3. The maximum Gasteiger partial charge on any atom is 0.261 e. The highest BCUT2D eigenvalue weighted by atomic mass is 35.5. The van der Waals surface area contributed by atoms with Crippen molar-refractivity contribution in [2.45, 2.75) is 26.1 Å². The molecule has 1 amide bonds. The van der Waals surface area contributed by atoms with Crippen LogP contribution in [0.4, 0.5) is 0 Å². The third-order valence-electron chi connectivity index (χ3n) is 3.48. The molecule has 0 spiro atoms. The Labute approximate surface area is 146 Å². The van der Waals surface area contributed by atoms with Crippen LogP contribution >= 0.6 is 11.6 Å². The molecule has 24 heavy (non-hydrogen) atoms. The first-order valence-corrected chi connectivity index (χ1v) is 8.13. The first-order chi connectivity index (χ1) is 11.5. The normalized spacial score (nSPS) is 13.4. The Balaban J connectivity index is 1.96. The number of nitrogens with one attached hydrogen (secondary N) is 1. The summed E-state index contributed by atoms with van der Waals surface area (Å²) >= 11 is 5.94. The number of amides is 1. The number of aliphatic hydroxyl groups is 1. The van der Waals surface area contributed by atoms with Crippen molar-refractivity contribution in [3.8, 4) is 5.75 Å². The van der Waals surface area contributed by atoms with Crippen LogP contribution in [0, 0.1) is 5.92 Å². The molecule has 1 aromatic carbocycles. The molecule has 1 aromatic heterocycles. The van der Waals surface area contributed by atoms with Crippen LogP contribution in [0.5, 0.6) is 5.75 Å². The number of carbonyl (C=O) groups excluding carboxylic acids is 1. The van der Waals surface area contributed by atoms with Gasteiger partial charge in [-0.3, -0.25) is 9.78 Å². The molecule has 0 radical (unpaired) electrons. The fourth-order valence-corrected chi connectivity index (χ4v) is 2.36. The van der Waals surface area contributed by atoms with E-state index in [1.165, 1.54) is 0 Å². The average Bonchev–Trinajstić information content (AvgIpc) is 2.58. The lowest BCUT2D eigenvalue weighted by Crippen LogP contribution is -2.43. The molecule has 0 saturated carbocycles. The van der Waals surface area contributed by atoms with Crippen LogP contribution in [0.1, 0.15) is 25.5 Å². The molecule has 2 N–H and O–H groups in total. The van der Waals surface area contributed by atoms with E-state index in [0.717, 1.165) is 0 Å². The number of ether oxygens (including phenoxy) is 1. The first-order valence-electron chi connectivity index (χ1n) is 7.75. The summed E-state index contributed by atoms with van der Waals surface area (Å²) in [6.45, 7) is 3.90. The van der Waals surface area contributed by atoms with E-state index < -0.39 is 12.2 Å². The molecule has 5 nitrogen and oxygen atoms in total. The molecule has 2 rings (SSSR count). The predicted molar refractivity (Wildman–Crippen MR) is 92.9 cm³/mol. The second-order valence-electron chi connectivity index (χ2n) is 5.78. The van der Waals surface area contributed by atoms with E-state index in [-0.39, 0.29) is 18.4 Å². The highest BCUT2D eigenvalue weighted by molar-refractivity contribution is 6.30. The van der Waals surface area contributed by atoms with Crippen molar-refractivity contribution < 1.29 is 14.6 Å². The lowest BCUT2D eigenvalue weighted by Gasteiger charge is -2.23. The zero-order valence-corrected chi connectivity index (χ0v) is 14.4. The molecule has 0 fully saturated rings. The third kappa shape index (κ3) is 5.22. The maximum atomic E-state index is 12.4. The summed E-state index contributed by atoms with van der Waals surface area (Å²) in [6, 6.07) is 10.3. The molecular formula is C18H21ClN2O3. The minimum atomic E-state index is -0.795. The number of nitrogens with zero attached hydrogens (tertiary/aromatic N) is 1. The number of aromatic nitrogens is 1. The van der Waals surface area contributed by atoms with Gasteiger partial charge in [0, 0.05) is 24.0 Å². The molecule has 128 valence electrons. The predicted octanol–water partition coefficient (Wildman–Crippen LogP) is 2.99. The van der Waals surface area contributed by atoms with Gasteiger partial charge in [-0.2, -0.15) is 0 Å². The van der Waals surface area contributed by atoms with Crippen molar-refractivity contribution in [1.82, 2.24) is 10.3 Å². The molecule has 0 bridgehead atoms. The molecule has 0 aliphatic carbocycles. The number of benzene rings is 1. The van der Waals surface area contributed by atoms with E-state index in [0.29, 0.717) is 16.3 Å². The summed E-state index contributed by atoms with van der Waals surface area (Å²) in [6.07, 6.45) is 1.73. The van der Waals surface area contributed by atoms with Gasteiger partial charge in [-0.25, -0.2) is 0 Å². The Morgan fingerprint density at radius 2 is 2.00 bits per heavy atom. The van der Waals surface area contributed by atoms with Gasteiger partial charge in [-0.15, -0.1) is 0 Å². The zero-order chi connectivity index (χ0) is 17.5. The average molecular weight is 349 g/mol. The number of aliphatic hydroxyl groups excluding tert-OH is 1. The van der Waals surface area contributed by atoms with Gasteiger partial charge >= 0.3 is 0 Å². The van der Waals surface area contributed by atoms with Crippen LogP contribution in [0.3, 0.4) is 0 Å². The summed E-state index contributed by atoms with van der Waals surface area (Å²) in [5.41, 5.74) is 0.696. The second-order valence-corrected chi connectivity index (χ2v) is 6.22. The topological polar surface area (TPSA) is 71.5 Å². The van der Waals surface area contributed by atoms with Gasteiger partial charge in [0.15, 0.2) is 6.10 Å². The molecule has 6 heteroatoms. The van der Waals surface area contributed by atoms with E-state index >= 15 is 0 Å². The van der Waals surface area contributed by atoms with Crippen molar-refractivity contribution in [2.75, 3.05) is 6.54 Å². The van der Waals surface area contributed by atoms with E-state index in [1.54, 1.807) is 48.8 Å². The highest BCUT2D eigenvalue weighted by Crippen LogP contribution is 2.20. The quantitative estimate of drug-likeness (QED) is 0.807. The van der Waals surface area contributed by atoms with Crippen LogP contribution in [0.2, 0.25) is 5.02 Å². The molecule has 2 unspecified atom stereocenters. The van der Waals surface area contributed by atoms with Gasteiger partial charge in [-0.05, 0) is 41.8 Å². The third-order valence-corrected chi connectivity index (χ3v) is 3.72. The van der Waals surface area contributed by atoms with Gasteiger partial charge < -0.3 is 15.2 Å². The standard InChI is InChI=1S/C18H21ClN2O3/c1-12(2)17(24-15-5-3-4-14(19)10-15)18(23)21-11-16(22)13-6-8-20-9-7-13/h3-10,12,16-17,22H,11H2,1-2H3,(H,21,23). The minimum absolute atomic E-state index is 0.0398. The Morgan fingerprint density at radius 3 is 2.62 bits per heavy atom. The lowest BCUT2D eigenvalue weighted by atomic mass is 10.1. The monoisotopic (exact) mass is 348 g/mol. The summed E-state index contributed by atoms with van der Waals surface area (Å²) in [5, 5.41) is 13.4. The van der Waals surface area contributed by atoms with Crippen LogP contribution in [-0.4, -0.2) is 28.6 Å². The van der Waals surface area contributed by atoms with E-state index in [2.05, 4.69) is 10.3 Å². The van der Waals surface area contributed by atoms with Crippen LogP contribution in [0.25, 0.3) is 0 Å². The molecule has 2 aromatic rings. The number of halogens is 1. The van der Waals surface area contributed by atoms with Gasteiger partial charge in [0.1, 0.15) is 5.75 Å². The smallest absolute Gasteiger partial charge is 0.261 e. The fourth-order valence-electron chi connectivity index (χ4n) is 2.18. The minimum Gasteiger partial charge on any atom is -0.480 e. The van der Waals surface area contributed by atoms with Crippen molar-refractivity contribution >= 4 is 17.5 Å². The number of hydrogen-bond donors (Lipinski definition) is 2. The summed E-state index contributed by atoms with van der Waals surface area (Å²) < 4.78 is 5.77. The number of pyridine rings is 1. The Hall–Kier alpha value is -2.11. The number of carbonyl (C=O) groups is 1. The molecule has 0 aliphatic heterocycles. The van der Waals surface area contributed by atoms with E-state index in [1.807, 2.05) is 13.8 Å². The van der Waals surface area contributed by atoms with E-state index in [4.69, 9.17) is 16.3 Å². The maximum absolute atomic E-state index is 12.4. The first kappa shape index (κ1) is 18.2. The van der Waals surface area contributed by atoms with Crippen LogP contribution < -0.4 is 10.1 Å². The Kier molecular flexibility index (Phi) is 6.58. The summed E-state index contributed by atoms with van der Waals surface area (Å²) in [5.74, 6) is 0.214. The fraction of sp³-hybridized carbons (Fsp3) is 0.333.